The molecule has 6 nitrogen and oxygen atoms in total. The van der Waals surface area contributed by atoms with Gasteiger partial charge in [0, 0.05) is 0 Å². The van der Waals surface area contributed by atoms with Gasteiger partial charge in [-0.3, -0.25) is 14.4 Å². The Morgan fingerprint density at radius 1 is 1.20 bits per heavy atom. The third-order valence-corrected chi connectivity index (χ3v) is 4.74. The summed E-state index contributed by atoms with van der Waals surface area (Å²) in [6.45, 7) is 4.88. The molecule has 130 valence electrons. The molecule has 2 amide bonds. The predicted octanol–water partition coefficient (Wildman–Crippen LogP) is 2.46. The predicted molar refractivity (Wildman–Crippen MR) is 89.5 cm³/mol. The summed E-state index contributed by atoms with van der Waals surface area (Å²) in [5.41, 5.74) is 1.02. The van der Waals surface area contributed by atoms with Crippen molar-refractivity contribution in [3.8, 4) is 0 Å². The molecule has 2 fully saturated rings. The molecule has 1 spiro atoms. The number of benzene rings is 1. The van der Waals surface area contributed by atoms with E-state index in [1.54, 1.807) is 17.9 Å². The number of hydroxylamine groups is 2. The molecule has 0 aliphatic carbocycles. The van der Waals surface area contributed by atoms with Crippen LogP contribution in [0.4, 0.5) is 0 Å². The van der Waals surface area contributed by atoms with Crippen LogP contribution in [0, 0.1) is 13.8 Å². The van der Waals surface area contributed by atoms with Crippen LogP contribution in [0.1, 0.15) is 33.9 Å². The van der Waals surface area contributed by atoms with Gasteiger partial charge in [-0.1, -0.05) is 30.3 Å². The maximum atomic E-state index is 12.6. The lowest BCUT2D eigenvalue weighted by atomic mass is 9.90. The fraction of sp³-hybridized carbons (Fsp3) is 0.368. The number of carbonyl (C=O) groups is 2. The highest BCUT2D eigenvalue weighted by Crippen LogP contribution is 2.37. The minimum atomic E-state index is -0.575. The number of nitrogens with zero attached hydrogens (tertiary/aromatic N) is 2. The summed E-state index contributed by atoms with van der Waals surface area (Å²) < 4.78 is 5.43. The van der Waals surface area contributed by atoms with E-state index in [9.17, 15) is 9.59 Å². The van der Waals surface area contributed by atoms with Crippen molar-refractivity contribution >= 4 is 11.8 Å². The zero-order chi connectivity index (χ0) is 17.6. The molecule has 2 aliphatic rings. The molecular weight excluding hydrogens is 320 g/mol. The SMILES string of the molecule is Cc1cc(C(=O)N2CC3(CC(=O)N(Cc4ccccc4)O3)C2)c(C)o1. The van der Waals surface area contributed by atoms with Crippen LogP contribution in [0.5, 0.6) is 0 Å². The van der Waals surface area contributed by atoms with E-state index in [1.807, 2.05) is 37.3 Å². The van der Waals surface area contributed by atoms with Crippen molar-refractivity contribution in [2.24, 2.45) is 0 Å². The van der Waals surface area contributed by atoms with Gasteiger partial charge in [-0.25, -0.2) is 5.06 Å². The van der Waals surface area contributed by atoms with E-state index < -0.39 is 5.60 Å². The van der Waals surface area contributed by atoms with Gasteiger partial charge in [-0.2, -0.15) is 0 Å². The smallest absolute Gasteiger partial charge is 0.257 e. The van der Waals surface area contributed by atoms with Crippen LogP contribution in [0.15, 0.2) is 40.8 Å². The number of amides is 2. The Morgan fingerprint density at radius 2 is 1.92 bits per heavy atom. The van der Waals surface area contributed by atoms with Crippen molar-refractivity contribution in [1.82, 2.24) is 9.96 Å². The molecule has 0 atom stereocenters. The van der Waals surface area contributed by atoms with Crippen molar-refractivity contribution in [1.29, 1.82) is 0 Å². The fourth-order valence-electron chi connectivity index (χ4n) is 3.53. The average molecular weight is 340 g/mol. The summed E-state index contributed by atoms with van der Waals surface area (Å²) in [5, 5.41) is 1.42. The van der Waals surface area contributed by atoms with Crippen LogP contribution in [0.25, 0.3) is 0 Å². The van der Waals surface area contributed by atoms with Gasteiger partial charge in [-0.05, 0) is 25.5 Å². The topological polar surface area (TPSA) is 63.0 Å². The number of furan rings is 1. The van der Waals surface area contributed by atoms with Crippen molar-refractivity contribution in [2.45, 2.75) is 32.4 Å². The van der Waals surface area contributed by atoms with Crippen LogP contribution in [0.2, 0.25) is 0 Å². The summed E-state index contributed by atoms with van der Waals surface area (Å²) in [6, 6.07) is 11.5. The molecule has 3 heterocycles. The van der Waals surface area contributed by atoms with Crippen molar-refractivity contribution in [3.63, 3.8) is 0 Å². The molecule has 2 aliphatic heterocycles. The van der Waals surface area contributed by atoms with Crippen LogP contribution >= 0.6 is 0 Å². The second-order valence-electron chi connectivity index (χ2n) is 6.86. The molecule has 1 aromatic carbocycles. The lowest BCUT2D eigenvalue weighted by Gasteiger charge is -2.45. The Hall–Kier alpha value is -2.60. The van der Waals surface area contributed by atoms with E-state index in [0.29, 0.717) is 37.4 Å². The lowest BCUT2D eigenvalue weighted by Crippen LogP contribution is -2.63. The van der Waals surface area contributed by atoms with Crippen LogP contribution in [0.3, 0.4) is 0 Å². The molecule has 0 unspecified atom stereocenters. The van der Waals surface area contributed by atoms with E-state index in [1.165, 1.54) is 5.06 Å². The Bertz CT molecular complexity index is 821. The van der Waals surface area contributed by atoms with Gasteiger partial charge in [0.15, 0.2) is 0 Å². The molecule has 6 heteroatoms. The van der Waals surface area contributed by atoms with E-state index in [2.05, 4.69) is 0 Å². The van der Waals surface area contributed by atoms with E-state index in [-0.39, 0.29) is 11.8 Å². The number of hydrogen-bond donors (Lipinski definition) is 0. The monoisotopic (exact) mass is 340 g/mol. The number of hydrogen-bond acceptors (Lipinski definition) is 4. The van der Waals surface area contributed by atoms with Crippen molar-refractivity contribution < 1.29 is 18.8 Å². The van der Waals surface area contributed by atoms with Gasteiger partial charge in [0.25, 0.3) is 5.91 Å². The first-order valence-corrected chi connectivity index (χ1v) is 8.35. The molecule has 2 aromatic rings. The molecule has 4 rings (SSSR count). The van der Waals surface area contributed by atoms with Gasteiger partial charge in [0.2, 0.25) is 5.91 Å². The summed E-state index contributed by atoms with van der Waals surface area (Å²) in [7, 11) is 0. The summed E-state index contributed by atoms with van der Waals surface area (Å²) >= 11 is 0. The van der Waals surface area contributed by atoms with Gasteiger partial charge < -0.3 is 9.32 Å². The van der Waals surface area contributed by atoms with E-state index in [4.69, 9.17) is 9.25 Å². The zero-order valence-electron chi connectivity index (χ0n) is 14.3. The minimum absolute atomic E-state index is 0.0358. The average Bonchev–Trinajstić information content (AvgIpc) is 3.06. The van der Waals surface area contributed by atoms with Crippen molar-refractivity contribution in [3.05, 3.63) is 59.0 Å². The highest BCUT2D eigenvalue weighted by Gasteiger charge is 2.55. The first kappa shape index (κ1) is 15.9. The normalized spacial score (nSPS) is 18.7. The molecular formula is C19H20N2O4. The number of rotatable bonds is 3. The Kier molecular flexibility index (Phi) is 3.65. The zero-order valence-corrected chi connectivity index (χ0v) is 14.3. The lowest BCUT2D eigenvalue weighted by molar-refractivity contribution is -0.233. The van der Waals surface area contributed by atoms with E-state index >= 15 is 0 Å². The first-order chi connectivity index (χ1) is 12.0. The van der Waals surface area contributed by atoms with Gasteiger partial charge in [-0.15, -0.1) is 0 Å². The molecule has 0 saturated carbocycles. The molecule has 25 heavy (non-hydrogen) atoms. The van der Waals surface area contributed by atoms with Gasteiger partial charge >= 0.3 is 0 Å². The largest absolute Gasteiger partial charge is 0.466 e. The second-order valence-corrected chi connectivity index (χ2v) is 6.86. The second kappa shape index (κ2) is 5.74. The minimum Gasteiger partial charge on any atom is -0.466 e. The highest BCUT2D eigenvalue weighted by atomic mass is 16.7. The van der Waals surface area contributed by atoms with Crippen molar-refractivity contribution in [2.75, 3.05) is 13.1 Å². The number of aryl methyl sites for hydroxylation is 2. The fourth-order valence-corrected chi connectivity index (χ4v) is 3.53. The third-order valence-electron chi connectivity index (χ3n) is 4.74. The molecule has 0 bridgehead atoms. The first-order valence-electron chi connectivity index (χ1n) is 8.35. The maximum absolute atomic E-state index is 12.6. The standard InChI is InChI=1S/C19H20N2O4/c1-13-8-16(14(2)24-13)18(23)20-11-19(12-20)9-17(22)21(25-19)10-15-6-4-3-5-7-15/h3-8H,9-12H2,1-2H3. The summed E-state index contributed by atoms with van der Waals surface area (Å²) in [5.74, 6) is 1.24. The Balaban J connectivity index is 1.40. The van der Waals surface area contributed by atoms with Gasteiger partial charge in [0.1, 0.15) is 17.1 Å². The molecule has 1 aromatic heterocycles. The Morgan fingerprint density at radius 3 is 2.56 bits per heavy atom. The quantitative estimate of drug-likeness (QED) is 0.861. The highest BCUT2D eigenvalue weighted by molar-refractivity contribution is 5.96. The third kappa shape index (κ3) is 2.82. The summed E-state index contributed by atoms with van der Waals surface area (Å²) in [4.78, 5) is 32.5. The van der Waals surface area contributed by atoms with E-state index in [0.717, 1.165) is 11.3 Å². The van der Waals surface area contributed by atoms with Gasteiger partial charge in [0.05, 0.1) is 31.6 Å². The number of likely N-dealkylation sites (tertiary alicyclic amines) is 1. The van der Waals surface area contributed by atoms with Crippen LogP contribution < -0.4 is 0 Å². The molecule has 0 radical (unpaired) electrons. The Labute approximate surface area is 145 Å². The van der Waals surface area contributed by atoms with Crippen LogP contribution in [-0.4, -0.2) is 40.5 Å². The maximum Gasteiger partial charge on any atom is 0.257 e. The molecule has 2 saturated heterocycles. The summed E-state index contributed by atoms with van der Waals surface area (Å²) in [6.07, 6.45) is 0.313. The van der Waals surface area contributed by atoms with Crippen LogP contribution in [-0.2, 0) is 16.2 Å². The molecule has 0 N–H and O–H groups in total. The number of carbonyl (C=O) groups excluding carboxylic acids is 2.